The van der Waals surface area contributed by atoms with E-state index >= 15 is 0 Å². The summed E-state index contributed by atoms with van der Waals surface area (Å²) in [5.41, 5.74) is -0.815. The van der Waals surface area contributed by atoms with Crippen molar-refractivity contribution in [2.45, 2.75) is 64.6 Å². The lowest BCUT2D eigenvalue weighted by atomic mass is 10.0. The molecule has 112 valence electrons. The Bertz CT molecular complexity index is 292. The van der Waals surface area contributed by atoms with Gasteiger partial charge in [-0.3, -0.25) is 0 Å². The summed E-state index contributed by atoms with van der Waals surface area (Å²) < 4.78 is 10.7. The molecule has 0 aromatic heterocycles. The number of carbonyl (C=O) groups excluding carboxylic acids is 1. The van der Waals surface area contributed by atoms with Crippen LogP contribution in [0, 0.1) is 0 Å². The molecule has 0 radical (unpaired) electrons. The topological polar surface area (TPSA) is 59.6 Å². The van der Waals surface area contributed by atoms with E-state index in [4.69, 9.17) is 9.47 Å². The van der Waals surface area contributed by atoms with Crippen LogP contribution < -0.4 is 10.6 Å². The predicted octanol–water partition coefficient (Wildman–Crippen LogP) is 2.06. The molecular weight excluding hydrogens is 244 g/mol. The number of amides is 1. The zero-order valence-electron chi connectivity index (χ0n) is 12.8. The van der Waals surface area contributed by atoms with E-state index in [1.54, 1.807) is 0 Å². The van der Waals surface area contributed by atoms with Gasteiger partial charge in [0.2, 0.25) is 0 Å². The van der Waals surface area contributed by atoms with E-state index in [2.05, 4.69) is 10.6 Å². The molecule has 1 rings (SSSR count). The fourth-order valence-electron chi connectivity index (χ4n) is 1.93. The molecule has 0 bridgehead atoms. The van der Waals surface area contributed by atoms with Crippen LogP contribution in [0.2, 0.25) is 0 Å². The van der Waals surface area contributed by atoms with Gasteiger partial charge in [0.25, 0.3) is 0 Å². The summed E-state index contributed by atoms with van der Waals surface area (Å²) in [6.45, 7) is 11.8. The zero-order chi connectivity index (χ0) is 14.5. The smallest absolute Gasteiger partial charge is 0.408 e. The molecule has 5 heteroatoms. The summed E-state index contributed by atoms with van der Waals surface area (Å²) >= 11 is 0. The molecule has 1 amide bonds. The molecule has 0 spiro atoms. The predicted molar refractivity (Wildman–Crippen MR) is 75.3 cm³/mol. The average molecular weight is 272 g/mol. The van der Waals surface area contributed by atoms with Gasteiger partial charge in [-0.15, -0.1) is 0 Å². The number of rotatable bonds is 4. The molecule has 0 aromatic carbocycles. The average Bonchev–Trinajstić information content (AvgIpc) is 2.24. The minimum Gasteiger partial charge on any atom is -0.444 e. The van der Waals surface area contributed by atoms with Gasteiger partial charge < -0.3 is 20.1 Å². The van der Waals surface area contributed by atoms with E-state index in [1.165, 1.54) is 0 Å². The monoisotopic (exact) mass is 272 g/mol. The van der Waals surface area contributed by atoms with Gasteiger partial charge in [-0.05, 0) is 47.5 Å². The van der Waals surface area contributed by atoms with Gasteiger partial charge in [-0.25, -0.2) is 4.79 Å². The minimum atomic E-state index is -0.467. The van der Waals surface area contributed by atoms with Gasteiger partial charge in [0, 0.05) is 19.2 Å². The third-order valence-electron chi connectivity index (χ3n) is 2.83. The van der Waals surface area contributed by atoms with Crippen LogP contribution in [0.15, 0.2) is 0 Å². The van der Waals surface area contributed by atoms with Crippen LogP contribution in [0.1, 0.15) is 47.5 Å². The lowest BCUT2D eigenvalue weighted by molar-refractivity contribution is 0.0454. The zero-order valence-corrected chi connectivity index (χ0v) is 12.8. The normalized spacial score (nSPS) is 21.0. The second-order valence-corrected chi connectivity index (χ2v) is 6.81. The van der Waals surface area contributed by atoms with E-state index in [0.717, 1.165) is 26.1 Å². The van der Waals surface area contributed by atoms with E-state index in [9.17, 15) is 4.79 Å². The van der Waals surface area contributed by atoms with Crippen LogP contribution in [0.5, 0.6) is 0 Å². The van der Waals surface area contributed by atoms with Crippen molar-refractivity contribution in [1.82, 2.24) is 10.6 Å². The molecule has 1 saturated heterocycles. The Morgan fingerprint density at radius 2 is 2.00 bits per heavy atom. The molecule has 1 fully saturated rings. The largest absolute Gasteiger partial charge is 0.444 e. The SMILES string of the molecule is CC(C)(CNC1CCCOC1)NC(=O)OC(C)(C)C. The molecule has 5 nitrogen and oxygen atoms in total. The van der Waals surface area contributed by atoms with Crippen molar-refractivity contribution >= 4 is 6.09 Å². The highest BCUT2D eigenvalue weighted by Crippen LogP contribution is 2.10. The van der Waals surface area contributed by atoms with Crippen molar-refractivity contribution in [2.75, 3.05) is 19.8 Å². The van der Waals surface area contributed by atoms with Gasteiger partial charge in [0.05, 0.1) is 12.1 Å². The molecule has 2 N–H and O–H groups in total. The molecule has 1 aliphatic heterocycles. The summed E-state index contributed by atoms with van der Waals surface area (Å²) in [6, 6.07) is 0.383. The number of carbonyl (C=O) groups is 1. The first-order valence-corrected chi connectivity index (χ1v) is 7.00. The lowest BCUT2D eigenvalue weighted by Gasteiger charge is -2.31. The van der Waals surface area contributed by atoms with Crippen molar-refractivity contribution in [1.29, 1.82) is 0 Å². The van der Waals surface area contributed by atoms with Gasteiger partial charge in [-0.1, -0.05) is 0 Å². The molecule has 19 heavy (non-hydrogen) atoms. The summed E-state index contributed by atoms with van der Waals surface area (Å²) in [5, 5.41) is 6.32. The molecule has 1 heterocycles. The fourth-order valence-corrected chi connectivity index (χ4v) is 1.93. The maximum absolute atomic E-state index is 11.7. The van der Waals surface area contributed by atoms with Gasteiger partial charge >= 0.3 is 6.09 Å². The quantitative estimate of drug-likeness (QED) is 0.822. The number of nitrogens with one attached hydrogen (secondary N) is 2. The maximum Gasteiger partial charge on any atom is 0.408 e. The maximum atomic E-state index is 11.7. The Labute approximate surface area is 116 Å². The third kappa shape index (κ3) is 7.38. The van der Waals surface area contributed by atoms with Crippen LogP contribution in [-0.4, -0.2) is 43.0 Å². The molecule has 0 aliphatic carbocycles. The van der Waals surface area contributed by atoms with Crippen LogP contribution in [0.4, 0.5) is 4.79 Å². The minimum absolute atomic E-state index is 0.347. The Hall–Kier alpha value is -0.810. The molecule has 0 aromatic rings. The van der Waals surface area contributed by atoms with Crippen LogP contribution in [-0.2, 0) is 9.47 Å². The van der Waals surface area contributed by atoms with Gasteiger partial charge in [0.1, 0.15) is 5.60 Å². The standard InChI is InChI=1S/C14H28N2O3/c1-13(2,3)19-12(17)16-14(4,5)10-15-11-7-6-8-18-9-11/h11,15H,6-10H2,1-5H3,(H,16,17). The highest BCUT2D eigenvalue weighted by molar-refractivity contribution is 5.68. The third-order valence-corrected chi connectivity index (χ3v) is 2.83. The summed E-state index contributed by atoms with van der Waals surface area (Å²) in [5.74, 6) is 0. The number of alkyl carbamates (subject to hydrolysis) is 1. The Kier molecular flexibility index (Phi) is 5.62. The van der Waals surface area contributed by atoms with Crippen LogP contribution in [0.25, 0.3) is 0 Å². The number of hydrogen-bond acceptors (Lipinski definition) is 4. The van der Waals surface area contributed by atoms with E-state index in [0.29, 0.717) is 12.6 Å². The highest BCUT2D eigenvalue weighted by Gasteiger charge is 2.25. The van der Waals surface area contributed by atoms with Crippen molar-refractivity contribution in [3.8, 4) is 0 Å². The van der Waals surface area contributed by atoms with E-state index < -0.39 is 5.60 Å². The Morgan fingerprint density at radius 1 is 1.32 bits per heavy atom. The summed E-state index contributed by atoms with van der Waals surface area (Å²) in [7, 11) is 0. The van der Waals surface area contributed by atoms with Crippen LogP contribution in [0.3, 0.4) is 0 Å². The van der Waals surface area contributed by atoms with Gasteiger partial charge in [-0.2, -0.15) is 0 Å². The second-order valence-electron chi connectivity index (χ2n) is 6.81. The number of hydrogen-bond donors (Lipinski definition) is 2. The summed E-state index contributed by atoms with van der Waals surface area (Å²) in [4.78, 5) is 11.7. The van der Waals surface area contributed by atoms with Gasteiger partial charge in [0.15, 0.2) is 0 Å². The Balaban J connectivity index is 2.31. The van der Waals surface area contributed by atoms with Crippen molar-refractivity contribution in [3.05, 3.63) is 0 Å². The first-order chi connectivity index (χ1) is 8.68. The molecule has 1 aliphatic rings. The molecule has 1 atom stereocenters. The van der Waals surface area contributed by atoms with E-state index in [-0.39, 0.29) is 11.6 Å². The van der Waals surface area contributed by atoms with Crippen LogP contribution >= 0.6 is 0 Å². The Morgan fingerprint density at radius 3 is 2.53 bits per heavy atom. The van der Waals surface area contributed by atoms with E-state index in [1.807, 2.05) is 34.6 Å². The van der Waals surface area contributed by atoms with Crippen molar-refractivity contribution in [3.63, 3.8) is 0 Å². The fraction of sp³-hybridized carbons (Fsp3) is 0.929. The first-order valence-electron chi connectivity index (χ1n) is 7.00. The molecule has 1 unspecified atom stereocenters. The highest BCUT2D eigenvalue weighted by atomic mass is 16.6. The first kappa shape index (κ1) is 16.2. The molecule has 0 saturated carbocycles. The van der Waals surface area contributed by atoms with Crippen molar-refractivity contribution < 1.29 is 14.3 Å². The summed E-state index contributed by atoms with van der Waals surface area (Å²) in [6.07, 6.45) is 1.85. The lowest BCUT2D eigenvalue weighted by Crippen LogP contribution is -2.54. The molecular formula is C14H28N2O3. The number of ether oxygens (including phenoxy) is 2. The van der Waals surface area contributed by atoms with Crippen molar-refractivity contribution in [2.24, 2.45) is 0 Å². The second kappa shape index (κ2) is 6.57.